The normalized spacial score (nSPS) is 16.3. The predicted molar refractivity (Wildman–Crippen MR) is 74.8 cm³/mol. The van der Waals surface area contributed by atoms with E-state index in [0.717, 1.165) is 0 Å². The molecule has 3 heteroatoms. The van der Waals surface area contributed by atoms with E-state index in [9.17, 15) is 4.79 Å². The van der Waals surface area contributed by atoms with Crippen molar-refractivity contribution in [1.29, 1.82) is 0 Å². The van der Waals surface area contributed by atoms with Crippen molar-refractivity contribution < 1.29 is 14.3 Å². The molecule has 0 saturated heterocycles. The molecule has 19 heavy (non-hydrogen) atoms. The predicted octanol–water partition coefficient (Wildman–Crippen LogP) is 3.62. The molecule has 3 nitrogen and oxygen atoms in total. The molecular weight excluding hydrogens is 240 g/mol. The van der Waals surface area contributed by atoms with Crippen molar-refractivity contribution in [2.24, 2.45) is 0 Å². The van der Waals surface area contributed by atoms with Gasteiger partial charge in [0.15, 0.2) is 5.78 Å². The molecule has 0 aromatic heterocycles. The maximum atomic E-state index is 11.4. The summed E-state index contributed by atoms with van der Waals surface area (Å²) < 4.78 is 11.4. The van der Waals surface area contributed by atoms with Crippen LogP contribution in [0.1, 0.15) is 49.4 Å². The Labute approximate surface area is 114 Å². The molecule has 0 aliphatic heterocycles. The second-order valence-electron chi connectivity index (χ2n) is 5.03. The summed E-state index contributed by atoms with van der Waals surface area (Å²) in [7, 11) is 0. The van der Waals surface area contributed by atoms with Crippen molar-refractivity contribution >= 4 is 5.78 Å². The molecule has 0 heterocycles. The standard InChI is InChI=1S/C16H22O3/c1-13(17)15-9-5-6-10-16(15)19-12-11-18-14-7-3-2-4-8-14/h5-6,9-10,14H,2-4,7-8,11-12H2,1H3. The quantitative estimate of drug-likeness (QED) is 0.580. The van der Waals surface area contributed by atoms with Crippen molar-refractivity contribution in [2.75, 3.05) is 13.2 Å². The molecular formula is C16H22O3. The maximum absolute atomic E-state index is 11.4. The van der Waals surface area contributed by atoms with Crippen LogP contribution in [-0.2, 0) is 4.74 Å². The number of hydrogen-bond donors (Lipinski definition) is 0. The van der Waals surface area contributed by atoms with Gasteiger partial charge in [-0.05, 0) is 31.9 Å². The molecule has 0 N–H and O–H groups in total. The Kier molecular flexibility index (Phi) is 5.40. The van der Waals surface area contributed by atoms with Gasteiger partial charge in [0.2, 0.25) is 0 Å². The summed E-state index contributed by atoms with van der Waals surface area (Å²) in [5, 5.41) is 0. The van der Waals surface area contributed by atoms with E-state index in [1.54, 1.807) is 13.0 Å². The second kappa shape index (κ2) is 7.29. The van der Waals surface area contributed by atoms with Gasteiger partial charge in [0.1, 0.15) is 12.4 Å². The van der Waals surface area contributed by atoms with Gasteiger partial charge in [0, 0.05) is 0 Å². The topological polar surface area (TPSA) is 35.5 Å². The van der Waals surface area contributed by atoms with E-state index in [1.165, 1.54) is 32.1 Å². The van der Waals surface area contributed by atoms with E-state index < -0.39 is 0 Å². The van der Waals surface area contributed by atoms with Crippen LogP contribution in [0.3, 0.4) is 0 Å². The monoisotopic (exact) mass is 262 g/mol. The Morgan fingerprint density at radius 3 is 2.63 bits per heavy atom. The van der Waals surface area contributed by atoms with Crippen LogP contribution in [0.2, 0.25) is 0 Å². The number of para-hydroxylation sites is 1. The third-order valence-corrected chi connectivity index (χ3v) is 3.51. The number of ketones is 1. The van der Waals surface area contributed by atoms with Gasteiger partial charge in [0.25, 0.3) is 0 Å². The summed E-state index contributed by atoms with van der Waals surface area (Å²) in [6.45, 7) is 2.65. The Morgan fingerprint density at radius 2 is 1.89 bits per heavy atom. The molecule has 1 aliphatic rings. The van der Waals surface area contributed by atoms with E-state index >= 15 is 0 Å². The van der Waals surface area contributed by atoms with Crippen LogP contribution in [0.4, 0.5) is 0 Å². The summed E-state index contributed by atoms with van der Waals surface area (Å²) in [5.41, 5.74) is 0.639. The number of ether oxygens (including phenoxy) is 2. The Balaban J connectivity index is 1.74. The number of hydrogen-bond acceptors (Lipinski definition) is 3. The van der Waals surface area contributed by atoms with E-state index in [1.807, 2.05) is 18.2 Å². The van der Waals surface area contributed by atoms with Gasteiger partial charge in [-0.25, -0.2) is 0 Å². The fourth-order valence-electron chi connectivity index (χ4n) is 2.48. The number of rotatable bonds is 6. The molecule has 0 radical (unpaired) electrons. The van der Waals surface area contributed by atoms with Crippen LogP contribution in [0.5, 0.6) is 5.75 Å². The van der Waals surface area contributed by atoms with Gasteiger partial charge in [-0.3, -0.25) is 4.79 Å². The molecule has 0 atom stereocenters. The number of carbonyl (C=O) groups is 1. The van der Waals surface area contributed by atoms with E-state index in [4.69, 9.17) is 9.47 Å². The number of Topliss-reactive ketones (excluding diaryl/α,β-unsaturated/α-hetero) is 1. The highest BCUT2D eigenvalue weighted by Gasteiger charge is 2.13. The van der Waals surface area contributed by atoms with Gasteiger partial charge in [-0.15, -0.1) is 0 Å². The third kappa shape index (κ3) is 4.35. The minimum atomic E-state index is 0.0313. The average Bonchev–Trinajstić information content (AvgIpc) is 2.45. The maximum Gasteiger partial charge on any atom is 0.163 e. The smallest absolute Gasteiger partial charge is 0.163 e. The summed E-state index contributed by atoms with van der Waals surface area (Å²) in [6.07, 6.45) is 6.63. The molecule has 2 rings (SSSR count). The molecule has 0 amide bonds. The summed E-state index contributed by atoms with van der Waals surface area (Å²) >= 11 is 0. The summed E-state index contributed by atoms with van der Waals surface area (Å²) in [6, 6.07) is 7.35. The van der Waals surface area contributed by atoms with Crippen LogP contribution in [-0.4, -0.2) is 25.1 Å². The van der Waals surface area contributed by atoms with Crippen LogP contribution in [0, 0.1) is 0 Å². The summed E-state index contributed by atoms with van der Waals surface area (Å²) in [4.78, 5) is 11.4. The Hall–Kier alpha value is -1.35. The first-order valence-corrected chi connectivity index (χ1v) is 7.12. The van der Waals surface area contributed by atoms with Crippen molar-refractivity contribution in [2.45, 2.75) is 45.1 Å². The van der Waals surface area contributed by atoms with Gasteiger partial charge < -0.3 is 9.47 Å². The lowest BCUT2D eigenvalue weighted by molar-refractivity contribution is 0.0128. The molecule has 0 spiro atoms. The van der Waals surface area contributed by atoms with Crippen molar-refractivity contribution in [1.82, 2.24) is 0 Å². The van der Waals surface area contributed by atoms with Gasteiger partial charge in [-0.2, -0.15) is 0 Å². The second-order valence-corrected chi connectivity index (χ2v) is 5.03. The molecule has 0 bridgehead atoms. The highest BCUT2D eigenvalue weighted by atomic mass is 16.5. The molecule has 1 aromatic carbocycles. The largest absolute Gasteiger partial charge is 0.490 e. The Morgan fingerprint density at radius 1 is 1.16 bits per heavy atom. The van der Waals surface area contributed by atoms with Crippen molar-refractivity contribution in [3.8, 4) is 5.75 Å². The molecule has 1 fully saturated rings. The van der Waals surface area contributed by atoms with Crippen LogP contribution in [0.25, 0.3) is 0 Å². The molecule has 1 aliphatic carbocycles. The SMILES string of the molecule is CC(=O)c1ccccc1OCCOC1CCCCC1. The van der Waals surface area contributed by atoms with Gasteiger partial charge in [0.05, 0.1) is 18.3 Å². The van der Waals surface area contributed by atoms with Crippen molar-refractivity contribution in [3.05, 3.63) is 29.8 Å². The fraction of sp³-hybridized carbons (Fsp3) is 0.562. The zero-order chi connectivity index (χ0) is 13.5. The fourth-order valence-corrected chi connectivity index (χ4v) is 2.48. The van der Waals surface area contributed by atoms with E-state index in [-0.39, 0.29) is 5.78 Å². The molecule has 0 unspecified atom stereocenters. The highest BCUT2D eigenvalue weighted by molar-refractivity contribution is 5.96. The lowest BCUT2D eigenvalue weighted by atomic mass is 9.98. The minimum absolute atomic E-state index is 0.0313. The lowest BCUT2D eigenvalue weighted by Gasteiger charge is -2.22. The van der Waals surface area contributed by atoms with Crippen LogP contribution >= 0.6 is 0 Å². The number of carbonyl (C=O) groups excluding carboxylic acids is 1. The Bertz CT molecular complexity index is 408. The van der Waals surface area contributed by atoms with Crippen LogP contribution < -0.4 is 4.74 Å². The van der Waals surface area contributed by atoms with E-state index in [2.05, 4.69) is 0 Å². The first-order valence-electron chi connectivity index (χ1n) is 7.12. The highest BCUT2D eigenvalue weighted by Crippen LogP contribution is 2.21. The van der Waals surface area contributed by atoms with Crippen molar-refractivity contribution in [3.63, 3.8) is 0 Å². The number of benzene rings is 1. The average molecular weight is 262 g/mol. The van der Waals surface area contributed by atoms with Gasteiger partial charge in [-0.1, -0.05) is 31.4 Å². The molecule has 104 valence electrons. The molecule has 1 saturated carbocycles. The zero-order valence-corrected chi connectivity index (χ0v) is 11.6. The zero-order valence-electron chi connectivity index (χ0n) is 11.6. The molecule has 1 aromatic rings. The lowest BCUT2D eigenvalue weighted by Crippen LogP contribution is -2.20. The summed E-state index contributed by atoms with van der Waals surface area (Å²) in [5.74, 6) is 0.686. The third-order valence-electron chi connectivity index (χ3n) is 3.51. The first kappa shape index (κ1) is 14.1. The van der Waals surface area contributed by atoms with Gasteiger partial charge >= 0.3 is 0 Å². The minimum Gasteiger partial charge on any atom is -0.490 e. The van der Waals surface area contributed by atoms with Crippen LogP contribution in [0.15, 0.2) is 24.3 Å². The first-order chi connectivity index (χ1) is 9.27. The van der Waals surface area contributed by atoms with E-state index in [0.29, 0.717) is 30.6 Å².